The monoisotopic (exact) mass is 624 g/mol. The molecule has 6 rings (SSSR count). The van der Waals surface area contributed by atoms with Crippen molar-refractivity contribution in [2.75, 3.05) is 10.7 Å². The zero-order chi connectivity index (χ0) is 31.3. The van der Waals surface area contributed by atoms with E-state index in [-0.39, 0.29) is 28.9 Å². The molecule has 0 bridgehead atoms. The normalized spacial score (nSPS) is 18.9. The lowest BCUT2D eigenvalue weighted by Gasteiger charge is -2.30. The summed E-state index contributed by atoms with van der Waals surface area (Å²) in [5.41, 5.74) is 7.23. The summed E-state index contributed by atoms with van der Waals surface area (Å²) in [4.78, 5) is 18.6. The first-order valence-electron chi connectivity index (χ1n) is 13.4. The molecule has 0 unspecified atom stereocenters. The Balaban J connectivity index is 1.31. The Labute approximate surface area is 249 Å². The van der Waals surface area contributed by atoms with Gasteiger partial charge in [0, 0.05) is 11.1 Å². The Morgan fingerprint density at radius 1 is 1.09 bits per heavy atom. The number of anilines is 1. The maximum atomic E-state index is 13.4. The highest BCUT2D eigenvalue weighted by molar-refractivity contribution is 7.91. The van der Waals surface area contributed by atoms with Gasteiger partial charge in [-0.15, -0.1) is 23.4 Å². The van der Waals surface area contributed by atoms with Gasteiger partial charge in [0.25, 0.3) is 0 Å². The number of ether oxygens (including phenoxy) is 1. The van der Waals surface area contributed by atoms with Crippen molar-refractivity contribution in [3.8, 4) is 34.5 Å². The Morgan fingerprint density at radius 2 is 1.82 bits per heavy atom. The van der Waals surface area contributed by atoms with Crippen LogP contribution in [0.4, 0.5) is 18.9 Å². The van der Waals surface area contributed by atoms with Gasteiger partial charge in [-0.3, -0.25) is 9.78 Å². The number of benzene rings is 2. The number of nitriles is 1. The van der Waals surface area contributed by atoms with E-state index >= 15 is 0 Å². The molecule has 4 aromatic rings. The minimum Gasteiger partial charge on any atom is -0.419 e. The van der Waals surface area contributed by atoms with E-state index < -0.39 is 45.1 Å². The number of alkyl halides is 3. The van der Waals surface area contributed by atoms with Crippen LogP contribution >= 0.6 is 0 Å². The molecular formula is C29H23F3N6O5S. The number of carbonyl (C=O) groups is 1. The molecule has 1 saturated carbocycles. The maximum Gasteiger partial charge on any atom is 0.573 e. The van der Waals surface area contributed by atoms with Crippen molar-refractivity contribution in [1.29, 1.82) is 5.26 Å². The zero-order valence-electron chi connectivity index (χ0n) is 22.8. The fourth-order valence-electron chi connectivity index (χ4n) is 5.15. The molecule has 1 aliphatic carbocycles. The smallest absolute Gasteiger partial charge is 0.419 e. The molecule has 1 atom stereocenters. The van der Waals surface area contributed by atoms with E-state index in [2.05, 4.69) is 26.0 Å². The van der Waals surface area contributed by atoms with E-state index in [1.54, 1.807) is 24.3 Å². The van der Waals surface area contributed by atoms with Crippen LogP contribution in [0.1, 0.15) is 30.7 Å². The summed E-state index contributed by atoms with van der Waals surface area (Å²) >= 11 is 0. The van der Waals surface area contributed by atoms with Gasteiger partial charge in [-0.05, 0) is 55.2 Å². The molecule has 44 heavy (non-hydrogen) atoms. The molecule has 11 nitrogen and oxygen atoms in total. The Morgan fingerprint density at radius 3 is 2.43 bits per heavy atom. The maximum absolute atomic E-state index is 13.4. The summed E-state index contributed by atoms with van der Waals surface area (Å²) in [5.74, 6) is -1.38. The first kappa shape index (κ1) is 29.3. The number of amides is 1. The second-order valence-corrected chi connectivity index (χ2v) is 12.6. The molecule has 1 aliphatic heterocycles. The van der Waals surface area contributed by atoms with E-state index in [1.165, 1.54) is 29.2 Å². The van der Waals surface area contributed by atoms with Crippen molar-refractivity contribution >= 4 is 21.4 Å². The van der Waals surface area contributed by atoms with Gasteiger partial charge in [-0.1, -0.05) is 24.3 Å². The third kappa shape index (κ3) is 5.49. The molecule has 2 aromatic carbocycles. The summed E-state index contributed by atoms with van der Waals surface area (Å²) in [6, 6.07) is 14.5. The van der Waals surface area contributed by atoms with Crippen molar-refractivity contribution in [3.63, 3.8) is 0 Å². The number of aromatic nitrogens is 3. The largest absolute Gasteiger partial charge is 0.573 e. The molecule has 1 fully saturated rings. The predicted octanol–water partition coefficient (Wildman–Crippen LogP) is 4.29. The highest BCUT2D eigenvalue weighted by atomic mass is 32.2. The standard InChI is InChI=1S/C29H23F3N6O5S/c30-29(31,32)43-20-7-8-22(35-13-20)18-4-2-17(3-5-18)14-38-23-12-19(6-9-24(23)44(40,41)15-21(34)26(38)39)25-36-37-27(42-25)28(16-33)10-1-11-28/h2-9,12-13,21H,1,10-11,14-15,34H2/t21-/m0/s1. The van der Waals surface area contributed by atoms with Crippen LogP contribution in [-0.4, -0.2) is 47.7 Å². The molecule has 15 heteroatoms. The summed E-state index contributed by atoms with van der Waals surface area (Å²) in [6.07, 6.45) is -1.82. The van der Waals surface area contributed by atoms with Crippen molar-refractivity contribution in [3.05, 3.63) is 72.2 Å². The molecule has 0 radical (unpaired) electrons. The van der Waals surface area contributed by atoms with Gasteiger partial charge >= 0.3 is 6.36 Å². The average Bonchev–Trinajstić information content (AvgIpc) is 3.43. The lowest BCUT2D eigenvalue weighted by atomic mass is 9.70. The van der Waals surface area contributed by atoms with Crippen LogP contribution in [0.3, 0.4) is 0 Å². The minimum atomic E-state index is -4.83. The number of hydrogen-bond acceptors (Lipinski definition) is 10. The molecule has 1 amide bonds. The third-order valence-corrected chi connectivity index (χ3v) is 9.44. The summed E-state index contributed by atoms with van der Waals surface area (Å²) in [6.45, 7) is -0.0444. The summed E-state index contributed by atoms with van der Waals surface area (Å²) in [5, 5.41) is 17.8. The fourth-order valence-corrected chi connectivity index (χ4v) is 6.71. The molecule has 2 N–H and O–H groups in total. The van der Waals surface area contributed by atoms with Gasteiger partial charge in [-0.2, -0.15) is 5.26 Å². The molecule has 2 aromatic heterocycles. The molecular weight excluding hydrogens is 601 g/mol. The molecule has 2 aliphatic rings. The van der Waals surface area contributed by atoms with E-state index in [4.69, 9.17) is 10.2 Å². The molecule has 3 heterocycles. The number of pyridine rings is 1. The van der Waals surface area contributed by atoms with Crippen molar-refractivity contribution in [2.24, 2.45) is 5.73 Å². The van der Waals surface area contributed by atoms with Gasteiger partial charge in [0.05, 0.1) is 46.9 Å². The number of carbonyl (C=O) groups excluding carboxylic acids is 1. The first-order valence-corrected chi connectivity index (χ1v) is 15.0. The average molecular weight is 625 g/mol. The fraction of sp³-hybridized carbons (Fsp3) is 0.276. The van der Waals surface area contributed by atoms with Crippen LogP contribution in [0.25, 0.3) is 22.7 Å². The van der Waals surface area contributed by atoms with Gasteiger partial charge in [-0.25, -0.2) is 8.42 Å². The van der Waals surface area contributed by atoms with Crippen LogP contribution < -0.4 is 15.4 Å². The van der Waals surface area contributed by atoms with Crippen LogP contribution in [0, 0.1) is 11.3 Å². The third-order valence-electron chi connectivity index (χ3n) is 7.63. The van der Waals surface area contributed by atoms with Crippen LogP contribution in [0.5, 0.6) is 5.75 Å². The van der Waals surface area contributed by atoms with E-state index in [0.717, 1.165) is 18.7 Å². The van der Waals surface area contributed by atoms with E-state index in [9.17, 15) is 31.6 Å². The number of rotatable bonds is 6. The number of fused-ring (bicyclic) bond motifs is 1. The second kappa shape index (κ2) is 10.7. The van der Waals surface area contributed by atoms with Crippen LogP contribution in [0.2, 0.25) is 0 Å². The van der Waals surface area contributed by atoms with Crippen molar-refractivity contribution in [2.45, 2.75) is 48.5 Å². The first-order chi connectivity index (χ1) is 20.9. The highest BCUT2D eigenvalue weighted by Gasteiger charge is 2.44. The van der Waals surface area contributed by atoms with E-state index in [0.29, 0.717) is 35.2 Å². The second-order valence-electron chi connectivity index (χ2n) is 10.6. The predicted molar refractivity (Wildman–Crippen MR) is 148 cm³/mol. The summed E-state index contributed by atoms with van der Waals surface area (Å²) in [7, 11) is -3.95. The van der Waals surface area contributed by atoms with Gasteiger partial charge < -0.3 is 19.8 Å². The Bertz CT molecular complexity index is 1880. The van der Waals surface area contributed by atoms with E-state index in [1.807, 2.05) is 0 Å². The highest BCUT2D eigenvalue weighted by Crippen LogP contribution is 2.43. The van der Waals surface area contributed by atoms with Crippen molar-refractivity contribution < 1.29 is 35.5 Å². The topological polar surface area (TPSA) is 165 Å². The lowest BCUT2D eigenvalue weighted by molar-refractivity contribution is -0.274. The van der Waals surface area contributed by atoms with Crippen LogP contribution in [-0.2, 0) is 26.6 Å². The van der Waals surface area contributed by atoms with Gasteiger partial charge in [0.2, 0.25) is 17.7 Å². The van der Waals surface area contributed by atoms with Crippen LogP contribution in [0.15, 0.2) is 70.1 Å². The van der Waals surface area contributed by atoms with Gasteiger partial charge in [0.15, 0.2) is 9.84 Å². The van der Waals surface area contributed by atoms with Gasteiger partial charge in [0.1, 0.15) is 11.2 Å². The molecule has 0 saturated heterocycles. The number of nitrogens with zero attached hydrogens (tertiary/aromatic N) is 5. The lowest BCUT2D eigenvalue weighted by Crippen LogP contribution is -2.45. The Hall–Kier alpha value is -4.81. The SMILES string of the molecule is N#CC1(c2nnc(-c3ccc4c(c3)N(Cc3ccc(-c5ccc(OC(F)(F)F)cn5)cc3)C(=O)[C@@H](N)CS4(=O)=O)o2)CCC1. The molecule has 0 spiro atoms. The Kier molecular flexibility index (Phi) is 7.13. The minimum absolute atomic E-state index is 0.0444. The number of sulfone groups is 1. The van der Waals surface area contributed by atoms with Crippen molar-refractivity contribution in [1.82, 2.24) is 15.2 Å². The number of nitrogens with two attached hydrogens (primary N) is 1. The number of halogens is 3. The summed E-state index contributed by atoms with van der Waals surface area (Å²) < 4.78 is 73.4. The quantitative estimate of drug-likeness (QED) is 0.327. The number of hydrogen-bond donors (Lipinski definition) is 1. The molecule has 226 valence electrons. The zero-order valence-corrected chi connectivity index (χ0v) is 23.6.